The number of carbonyl (C=O) groups is 1. The average Bonchev–Trinajstić information content (AvgIpc) is 2.77. The molecule has 0 radical (unpaired) electrons. The van der Waals surface area contributed by atoms with Gasteiger partial charge in [0, 0.05) is 12.7 Å². The Morgan fingerprint density at radius 1 is 1.58 bits per heavy atom. The van der Waals surface area contributed by atoms with E-state index in [1.807, 2.05) is 0 Å². The quantitative estimate of drug-likeness (QED) is 0.492. The summed E-state index contributed by atoms with van der Waals surface area (Å²) in [6.45, 7) is 2.26. The summed E-state index contributed by atoms with van der Waals surface area (Å²) in [5.41, 5.74) is -0.503. The molecule has 1 amide bonds. The lowest BCUT2D eigenvalue weighted by molar-refractivity contribution is -0.384. The molecule has 0 aromatic heterocycles. The molecule has 1 aromatic rings. The summed E-state index contributed by atoms with van der Waals surface area (Å²) in [6.07, 6.45) is 0.332. The Morgan fingerprint density at radius 3 is 2.89 bits per heavy atom. The van der Waals surface area contributed by atoms with Gasteiger partial charge in [0.25, 0.3) is 5.69 Å². The smallest absolute Gasteiger partial charge is 0.296 e. The molecule has 2 atom stereocenters. The van der Waals surface area contributed by atoms with Crippen molar-refractivity contribution in [2.45, 2.75) is 19.4 Å². The van der Waals surface area contributed by atoms with E-state index in [9.17, 15) is 20.0 Å². The Morgan fingerprint density at radius 2 is 2.32 bits per heavy atom. The standard InChI is InChI=1S/C12H14N2O5/c1-7-8(5-6-19-7)12(16)13-11-9(14(17)18)3-2-4-10(11)15/h2-4,7-8,15H,5-6H2,1H3,(H,13,16). The fourth-order valence-electron chi connectivity index (χ4n) is 2.10. The lowest BCUT2D eigenvalue weighted by atomic mass is 10.0. The highest BCUT2D eigenvalue weighted by atomic mass is 16.6. The van der Waals surface area contributed by atoms with Crippen LogP contribution in [0.25, 0.3) is 0 Å². The minimum Gasteiger partial charge on any atom is -0.505 e. The van der Waals surface area contributed by atoms with E-state index in [4.69, 9.17) is 4.74 Å². The Balaban J connectivity index is 2.23. The summed E-state index contributed by atoms with van der Waals surface area (Å²) >= 11 is 0. The molecule has 0 spiro atoms. The molecule has 2 rings (SSSR count). The molecule has 2 N–H and O–H groups in total. The van der Waals surface area contributed by atoms with Gasteiger partial charge in [0.05, 0.1) is 16.9 Å². The summed E-state index contributed by atoms with van der Waals surface area (Å²) in [7, 11) is 0. The van der Waals surface area contributed by atoms with Gasteiger partial charge in [-0.25, -0.2) is 0 Å². The summed E-state index contributed by atoms with van der Waals surface area (Å²) in [5, 5.41) is 22.9. The Hall–Kier alpha value is -2.15. The molecule has 102 valence electrons. The topological polar surface area (TPSA) is 102 Å². The molecule has 7 nitrogen and oxygen atoms in total. The third-order valence-electron chi connectivity index (χ3n) is 3.18. The van der Waals surface area contributed by atoms with Gasteiger partial charge in [0.15, 0.2) is 5.69 Å². The Labute approximate surface area is 109 Å². The summed E-state index contributed by atoms with van der Waals surface area (Å²) in [6, 6.07) is 3.87. The fourth-order valence-corrected chi connectivity index (χ4v) is 2.10. The molecule has 1 aromatic carbocycles. The number of benzene rings is 1. The van der Waals surface area contributed by atoms with Gasteiger partial charge in [-0.05, 0) is 19.4 Å². The summed E-state index contributed by atoms with van der Waals surface area (Å²) in [5.74, 6) is -1.07. The van der Waals surface area contributed by atoms with Crippen LogP contribution in [0.1, 0.15) is 13.3 Å². The molecule has 0 bridgehead atoms. The van der Waals surface area contributed by atoms with Crippen molar-refractivity contribution in [2.24, 2.45) is 5.92 Å². The van der Waals surface area contributed by atoms with Crippen LogP contribution < -0.4 is 5.32 Å². The van der Waals surface area contributed by atoms with Gasteiger partial charge in [0.1, 0.15) is 5.75 Å². The van der Waals surface area contributed by atoms with Crippen molar-refractivity contribution in [2.75, 3.05) is 11.9 Å². The van der Waals surface area contributed by atoms with Crippen LogP contribution in [0.4, 0.5) is 11.4 Å². The molecule has 0 saturated carbocycles. The number of carbonyl (C=O) groups excluding carboxylic acids is 1. The predicted molar refractivity (Wildman–Crippen MR) is 66.9 cm³/mol. The van der Waals surface area contributed by atoms with Crippen molar-refractivity contribution in [1.29, 1.82) is 0 Å². The van der Waals surface area contributed by atoms with Crippen LogP contribution in [0.3, 0.4) is 0 Å². The third kappa shape index (κ3) is 2.65. The lowest BCUT2D eigenvalue weighted by Gasteiger charge is -2.14. The largest absolute Gasteiger partial charge is 0.505 e. The highest BCUT2D eigenvalue weighted by Gasteiger charge is 2.32. The highest BCUT2D eigenvalue weighted by molar-refractivity contribution is 5.96. The summed E-state index contributed by atoms with van der Waals surface area (Å²) < 4.78 is 5.27. The van der Waals surface area contributed by atoms with E-state index in [1.165, 1.54) is 18.2 Å². The Bertz CT molecular complexity index is 517. The number of para-hydroxylation sites is 1. The number of hydrogen-bond acceptors (Lipinski definition) is 5. The van der Waals surface area contributed by atoms with Gasteiger partial charge in [-0.15, -0.1) is 0 Å². The first-order valence-electron chi connectivity index (χ1n) is 5.89. The molecule has 0 aliphatic carbocycles. The van der Waals surface area contributed by atoms with Crippen LogP contribution in [0, 0.1) is 16.0 Å². The number of hydrogen-bond donors (Lipinski definition) is 2. The van der Waals surface area contributed by atoms with Gasteiger partial charge in [-0.2, -0.15) is 0 Å². The molecule has 1 heterocycles. The molecule has 2 unspecified atom stereocenters. The molecule has 1 saturated heterocycles. The van der Waals surface area contributed by atoms with Crippen molar-refractivity contribution in [3.63, 3.8) is 0 Å². The van der Waals surface area contributed by atoms with Crippen LogP contribution in [-0.4, -0.2) is 28.6 Å². The molecule has 1 fully saturated rings. The first-order chi connectivity index (χ1) is 9.00. The highest BCUT2D eigenvalue weighted by Crippen LogP contribution is 2.34. The summed E-state index contributed by atoms with van der Waals surface area (Å²) in [4.78, 5) is 22.2. The lowest BCUT2D eigenvalue weighted by Crippen LogP contribution is -2.28. The predicted octanol–water partition coefficient (Wildman–Crippen LogP) is 1.66. The van der Waals surface area contributed by atoms with Crippen LogP contribution >= 0.6 is 0 Å². The van der Waals surface area contributed by atoms with Crippen molar-refractivity contribution in [1.82, 2.24) is 0 Å². The molecular weight excluding hydrogens is 252 g/mol. The number of ether oxygens (including phenoxy) is 1. The van der Waals surface area contributed by atoms with Gasteiger partial charge in [0.2, 0.25) is 5.91 Å². The third-order valence-corrected chi connectivity index (χ3v) is 3.18. The maximum atomic E-state index is 12.0. The number of aromatic hydroxyl groups is 1. The first-order valence-corrected chi connectivity index (χ1v) is 5.89. The molecule has 7 heteroatoms. The van der Waals surface area contributed by atoms with Crippen LogP contribution in [0.5, 0.6) is 5.75 Å². The molecule has 19 heavy (non-hydrogen) atoms. The van der Waals surface area contributed by atoms with E-state index in [0.29, 0.717) is 13.0 Å². The number of nitro groups is 1. The number of nitrogens with zero attached hydrogens (tertiary/aromatic N) is 1. The normalized spacial score (nSPS) is 22.2. The second-order valence-corrected chi connectivity index (χ2v) is 4.39. The van der Waals surface area contributed by atoms with Crippen molar-refractivity contribution < 1.29 is 19.6 Å². The maximum Gasteiger partial charge on any atom is 0.296 e. The number of rotatable bonds is 3. The number of amides is 1. The SMILES string of the molecule is CC1OCCC1C(=O)Nc1c(O)cccc1[N+](=O)[O-]. The van der Waals surface area contributed by atoms with Crippen molar-refractivity contribution in [3.05, 3.63) is 28.3 Å². The maximum absolute atomic E-state index is 12.0. The monoisotopic (exact) mass is 266 g/mol. The van der Waals surface area contributed by atoms with E-state index in [1.54, 1.807) is 6.92 Å². The number of nitro benzene ring substituents is 1. The van der Waals surface area contributed by atoms with Gasteiger partial charge >= 0.3 is 0 Å². The number of anilines is 1. The Kier molecular flexibility index (Phi) is 3.66. The zero-order valence-electron chi connectivity index (χ0n) is 10.3. The van der Waals surface area contributed by atoms with E-state index in [2.05, 4.69) is 5.32 Å². The second-order valence-electron chi connectivity index (χ2n) is 4.39. The zero-order chi connectivity index (χ0) is 14.0. The number of phenolic OH excluding ortho intramolecular Hbond substituents is 1. The first kappa shape index (κ1) is 13.3. The number of phenols is 1. The molecule has 1 aliphatic rings. The molecule has 1 aliphatic heterocycles. The van der Waals surface area contributed by atoms with E-state index in [0.717, 1.165) is 0 Å². The van der Waals surface area contributed by atoms with E-state index in [-0.39, 0.29) is 35.1 Å². The second kappa shape index (κ2) is 5.23. The van der Waals surface area contributed by atoms with Crippen LogP contribution in [-0.2, 0) is 9.53 Å². The van der Waals surface area contributed by atoms with Gasteiger partial charge < -0.3 is 15.2 Å². The van der Waals surface area contributed by atoms with E-state index < -0.39 is 4.92 Å². The zero-order valence-corrected chi connectivity index (χ0v) is 10.3. The van der Waals surface area contributed by atoms with E-state index >= 15 is 0 Å². The van der Waals surface area contributed by atoms with Crippen molar-refractivity contribution in [3.8, 4) is 5.75 Å². The average molecular weight is 266 g/mol. The fraction of sp³-hybridized carbons (Fsp3) is 0.417. The van der Waals surface area contributed by atoms with Crippen LogP contribution in [0.15, 0.2) is 18.2 Å². The van der Waals surface area contributed by atoms with Gasteiger partial charge in [-0.1, -0.05) is 6.07 Å². The minimum atomic E-state index is -0.649. The minimum absolute atomic E-state index is 0.170. The molecular formula is C12H14N2O5. The van der Waals surface area contributed by atoms with Gasteiger partial charge in [-0.3, -0.25) is 14.9 Å². The number of nitrogens with one attached hydrogen (secondary N) is 1. The van der Waals surface area contributed by atoms with Crippen LogP contribution in [0.2, 0.25) is 0 Å². The van der Waals surface area contributed by atoms with Crippen molar-refractivity contribution >= 4 is 17.3 Å².